The maximum atomic E-state index is 12.7. The highest BCUT2D eigenvalue weighted by molar-refractivity contribution is 5.94. The lowest BCUT2D eigenvalue weighted by Crippen LogP contribution is -2.39. The van der Waals surface area contributed by atoms with E-state index in [4.69, 9.17) is 0 Å². The van der Waals surface area contributed by atoms with Crippen LogP contribution in [0.1, 0.15) is 46.1 Å². The third-order valence-electron chi connectivity index (χ3n) is 5.18. The van der Waals surface area contributed by atoms with E-state index in [1.807, 2.05) is 17.9 Å². The van der Waals surface area contributed by atoms with Gasteiger partial charge in [0.2, 0.25) is 0 Å². The van der Waals surface area contributed by atoms with Crippen LogP contribution in [0.15, 0.2) is 35.4 Å². The molecule has 1 aliphatic heterocycles. The summed E-state index contributed by atoms with van der Waals surface area (Å²) in [4.78, 5) is 35.5. The van der Waals surface area contributed by atoms with E-state index in [1.54, 1.807) is 31.5 Å². The number of nitrogens with one attached hydrogen (secondary N) is 1. The fourth-order valence-electron chi connectivity index (χ4n) is 3.54. The second-order valence-electron chi connectivity index (χ2n) is 6.86. The number of aromatic nitrogens is 4. The highest BCUT2D eigenvalue weighted by Gasteiger charge is 2.27. The van der Waals surface area contributed by atoms with Crippen LogP contribution in [0.3, 0.4) is 0 Å². The summed E-state index contributed by atoms with van der Waals surface area (Å²) in [5.41, 5.74) is 3.56. The normalized spacial score (nSPS) is 17.6. The number of carbonyl (C=O) groups excluding carboxylic acids is 1. The lowest BCUT2D eigenvalue weighted by Gasteiger charge is -2.32. The van der Waals surface area contributed by atoms with Crippen molar-refractivity contribution >= 4 is 11.6 Å². The van der Waals surface area contributed by atoms with Crippen LogP contribution >= 0.6 is 0 Å². The number of rotatable bonds is 2. The molecule has 4 heterocycles. The van der Waals surface area contributed by atoms with Crippen LogP contribution in [0.2, 0.25) is 0 Å². The Morgan fingerprint density at radius 2 is 2.04 bits per heavy atom. The Kier molecular flexibility index (Phi) is 4.06. The molecule has 134 valence electrons. The van der Waals surface area contributed by atoms with Gasteiger partial charge in [-0.15, -0.1) is 0 Å². The standard InChI is InChI=1S/C19H21N5O2/c1-12-13(2)21-17-10-16(22-24(17)18(12)25)15-4-3-9-23(11-15)19(26)14-5-7-20-8-6-14/h5-8,10,15,22H,3-4,9,11H2,1-2H3/t15-/m0/s1. The van der Waals surface area contributed by atoms with Gasteiger partial charge in [0, 0.05) is 60.0 Å². The molecule has 1 saturated heterocycles. The van der Waals surface area contributed by atoms with Crippen molar-refractivity contribution in [1.29, 1.82) is 0 Å². The molecule has 0 unspecified atom stereocenters. The lowest BCUT2D eigenvalue weighted by atomic mass is 9.94. The number of piperidine rings is 1. The second-order valence-corrected chi connectivity index (χ2v) is 6.86. The fourth-order valence-corrected chi connectivity index (χ4v) is 3.54. The maximum Gasteiger partial charge on any atom is 0.275 e. The minimum absolute atomic E-state index is 0.0233. The number of nitrogens with zero attached hydrogens (tertiary/aromatic N) is 4. The van der Waals surface area contributed by atoms with E-state index in [2.05, 4.69) is 15.1 Å². The van der Waals surface area contributed by atoms with Crippen LogP contribution in [-0.2, 0) is 0 Å². The lowest BCUT2D eigenvalue weighted by molar-refractivity contribution is 0.0705. The molecule has 1 fully saturated rings. The molecule has 0 radical (unpaired) electrons. The molecule has 3 aromatic heterocycles. The molecule has 1 N–H and O–H groups in total. The Morgan fingerprint density at radius 3 is 2.81 bits per heavy atom. The molecule has 0 saturated carbocycles. The summed E-state index contributed by atoms with van der Waals surface area (Å²) in [6.45, 7) is 5.00. The van der Waals surface area contributed by atoms with Crippen molar-refractivity contribution in [2.45, 2.75) is 32.6 Å². The van der Waals surface area contributed by atoms with Crippen LogP contribution in [-0.4, -0.2) is 43.5 Å². The molecule has 7 nitrogen and oxygen atoms in total. The Hall–Kier alpha value is -2.96. The summed E-state index contributed by atoms with van der Waals surface area (Å²) >= 11 is 0. The third-order valence-corrected chi connectivity index (χ3v) is 5.18. The first kappa shape index (κ1) is 16.5. The molecule has 0 aliphatic carbocycles. The summed E-state index contributed by atoms with van der Waals surface area (Å²) in [6, 6.07) is 5.41. The number of fused-ring (bicyclic) bond motifs is 1. The number of hydrogen-bond donors (Lipinski definition) is 1. The molecule has 1 atom stereocenters. The first-order valence-electron chi connectivity index (χ1n) is 8.83. The first-order valence-corrected chi connectivity index (χ1v) is 8.83. The predicted molar refractivity (Wildman–Crippen MR) is 97.4 cm³/mol. The molecule has 0 bridgehead atoms. The smallest absolute Gasteiger partial charge is 0.275 e. The third kappa shape index (κ3) is 2.79. The van der Waals surface area contributed by atoms with Crippen molar-refractivity contribution in [3.8, 4) is 0 Å². The number of likely N-dealkylation sites (tertiary alicyclic amines) is 1. The van der Waals surface area contributed by atoms with Crippen LogP contribution < -0.4 is 5.56 Å². The molecule has 1 amide bonds. The monoisotopic (exact) mass is 351 g/mol. The Labute approximate surface area is 150 Å². The molecular formula is C19H21N5O2. The topological polar surface area (TPSA) is 83.4 Å². The quantitative estimate of drug-likeness (QED) is 0.766. The Bertz CT molecular complexity index is 1020. The molecule has 7 heteroatoms. The Morgan fingerprint density at radius 1 is 1.27 bits per heavy atom. The number of H-pyrrole nitrogens is 1. The zero-order valence-electron chi connectivity index (χ0n) is 14.9. The zero-order chi connectivity index (χ0) is 18.3. The van der Waals surface area contributed by atoms with Gasteiger partial charge in [-0.1, -0.05) is 0 Å². The molecule has 1 aliphatic rings. The molecule has 4 rings (SSSR count). The van der Waals surface area contributed by atoms with Gasteiger partial charge in [0.1, 0.15) is 0 Å². The van der Waals surface area contributed by atoms with Crippen LogP contribution in [0, 0.1) is 13.8 Å². The van der Waals surface area contributed by atoms with Crippen molar-refractivity contribution in [3.05, 3.63) is 63.5 Å². The summed E-state index contributed by atoms with van der Waals surface area (Å²) in [6.07, 6.45) is 5.17. The van der Waals surface area contributed by atoms with Crippen LogP contribution in [0.5, 0.6) is 0 Å². The molecule has 26 heavy (non-hydrogen) atoms. The summed E-state index contributed by atoms with van der Waals surface area (Å²) < 4.78 is 1.50. The van der Waals surface area contributed by atoms with Crippen LogP contribution in [0.25, 0.3) is 5.65 Å². The van der Waals surface area contributed by atoms with Crippen molar-refractivity contribution in [3.63, 3.8) is 0 Å². The molecule has 3 aromatic rings. The minimum atomic E-state index is -0.0701. The molecule has 0 aromatic carbocycles. The first-order chi connectivity index (χ1) is 12.5. The van der Waals surface area contributed by atoms with Crippen molar-refractivity contribution in [2.75, 3.05) is 13.1 Å². The summed E-state index contributed by atoms with van der Waals surface area (Å²) in [5.74, 6) is 0.187. The van der Waals surface area contributed by atoms with E-state index >= 15 is 0 Å². The van der Waals surface area contributed by atoms with E-state index in [0.717, 1.165) is 30.8 Å². The van der Waals surface area contributed by atoms with Gasteiger partial charge in [-0.3, -0.25) is 19.7 Å². The van der Waals surface area contributed by atoms with Gasteiger partial charge in [-0.25, -0.2) is 9.50 Å². The number of amides is 1. The van der Waals surface area contributed by atoms with Gasteiger partial charge in [0.05, 0.1) is 0 Å². The van der Waals surface area contributed by atoms with Gasteiger partial charge in [-0.05, 0) is 38.8 Å². The predicted octanol–water partition coefficient (Wildman–Crippen LogP) is 2.05. The van der Waals surface area contributed by atoms with Crippen molar-refractivity contribution in [2.24, 2.45) is 0 Å². The fraction of sp³-hybridized carbons (Fsp3) is 0.368. The average molecular weight is 351 g/mol. The zero-order valence-corrected chi connectivity index (χ0v) is 14.9. The van der Waals surface area contributed by atoms with Crippen LogP contribution in [0.4, 0.5) is 0 Å². The number of aryl methyl sites for hydroxylation is 1. The molecular weight excluding hydrogens is 330 g/mol. The van der Waals surface area contributed by atoms with Crippen molar-refractivity contribution < 1.29 is 4.79 Å². The summed E-state index contributed by atoms with van der Waals surface area (Å²) in [5, 5.41) is 3.19. The van der Waals surface area contributed by atoms with Gasteiger partial charge < -0.3 is 4.90 Å². The highest BCUT2D eigenvalue weighted by atomic mass is 16.2. The maximum absolute atomic E-state index is 12.7. The highest BCUT2D eigenvalue weighted by Crippen LogP contribution is 2.27. The number of hydrogen-bond acceptors (Lipinski definition) is 4. The van der Waals surface area contributed by atoms with E-state index in [1.165, 1.54) is 4.52 Å². The van der Waals surface area contributed by atoms with Gasteiger partial charge in [0.15, 0.2) is 5.65 Å². The SMILES string of the molecule is Cc1nc2cc([C@H]3CCCN(C(=O)c4ccncc4)C3)[nH]n2c(=O)c1C. The van der Waals surface area contributed by atoms with Crippen molar-refractivity contribution in [1.82, 2.24) is 24.5 Å². The van der Waals surface area contributed by atoms with E-state index < -0.39 is 0 Å². The van der Waals surface area contributed by atoms with E-state index in [-0.39, 0.29) is 17.4 Å². The second kappa shape index (κ2) is 6.40. The van der Waals surface area contributed by atoms with E-state index in [9.17, 15) is 9.59 Å². The Balaban J connectivity index is 1.62. The van der Waals surface area contributed by atoms with Gasteiger partial charge in [-0.2, -0.15) is 0 Å². The van der Waals surface area contributed by atoms with E-state index in [0.29, 0.717) is 23.3 Å². The van der Waals surface area contributed by atoms with Gasteiger partial charge in [0.25, 0.3) is 11.5 Å². The minimum Gasteiger partial charge on any atom is -0.338 e. The van der Waals surface area contributed by atoms with Gasteiger partial charge >= 0.3 is 0 Å². The summed E-state index contributed by atoms with van der Waals surface area (Å²) in [7, 11) is 0. The number of aromatic amines is 1. The number of carbonyl (C=O) groups is 1. The average Bonchev–Trinajstić information content (AvgIpc) is 3.10. The largest absolute Gasteiger partial charge is 0.338 e. The molecule has 0 spiro atoms. The number of pyridine rings is 1.